The maximum atomic E-state index is 11.1. The van der Waals surface area contributed by atoms with Gasteiger partial charge in [0.25, 0.3) is 0 Å². The molecule has 0 saturated heterocycles. The van der Waals surface area contributed by atoms with Gasteiger partial charge in [-0.1, -0.05) is 44.4 Å². The fourth-order valence-electron chi connectivity index (χ4n) is 1.69. The molecule has 0 aliphatic carbocycles. The molecule has 1 rings (SSSR count). The second kappa shape index (κ2) is 7.71. The Hall–Kier alpha value is -1.55. The van der Waals surface area contributed by atoms with Gasteiger partial charge in [0, 0.05) is 0 Å². The van der Waals surface area contributed by atoms with Crippen LogP contribution in [0.4, 0.5) is 0 Å². The summed E-state index contributed by atoms with van der Waals surface area (Å²) in [6, 6.07) is 8.69. The van der Waals surface area contributed by atoms with Crippen LogP contribution in [0.25, 0.3) is 0 Å². The van der Waals surface area contributed by atoms with Gasteiger partial charge in [-0.15, -0.1) is 0 Å². The van der Waals surface area contributed by atoms with Crippen molar-refractivity contribution in [2.75, 3.05) is 0 Å². The lowest BCUT2D eigenvalue weighted by Crippen LogP contribution is -2.39. The molecule has 4 heteroatoms. The van der Waals surface area contributed by atoms with Gasteiger partial charge >= 0.3 is 5.97 Å². The summed E-state index contributed by atoms with van der Waals surface area (Å²) in [5, 5.41) is 18.9. The summed E-state index contributed by atoms with van der Waals surface area (Å²) < 4.78 is 5.32. The van der Waals surface area contributed by atoms with Crippen molar-refractivity contribution in [2.24, 2.45) is 0 Å². The number of carbonyl (C=O) groups is 1. The number of benzene rings is 1. The van der Waals surface area contributed by atoms with Gasteiger partial charge in [0.2, 0.25) is 6.10 Å². The zero-order valence-corrected chi connectivity index (χ0v) is 10.6. The number of para-hydroxylation sites is 1. The second-order valence-corrected chi connectivity index (χ2v) is 4.25. The third-order valence-electron chi connectivity index (χ3n) is 2.70. The van der Waals surface area contributed by atoms with Crippen LogP contribution in [0.15, 0.2) is 30.3 Å². The molecule has 2 unspecified atom stereocenters. The number of carboxylic acids is 1. The van der Waals surface area contributed by atoms with Crippen LogP contribution in [0.1, 0.15) is 32.6 Å². The molecule has 0 spiro atoms. The lowest BCUT2D eigenvalue weighted by Gasteiger charge is -2.20. The number of ether oxygens (including phenoxy) is 1. The highest BCUT2D eigenvalue weighted by molar-refractivity contribution is 5.73. The van der Waals surface area contributed by atoms with Crippen LogP contribution in [0.3, 0.4) is 0 Å². The molecule has 0 saturated carbocycles. The number of aliphatic hydroxyl groups excluding tert-OH is 1. The predicted octanol–water partition coefficient (Wildman–Crippen LogP) is 2.46. The zero-order chi connectivity index (χ0) is 13.4. The number of carboxylic acid groups (broad SMARTS) is 1. The summed E-state index contributed by atoms with van der Waals surface area (Å²) in [6.07, 6.45) is 1.08. The van der Waals surface area contributed by atoms with Gasteiger partial charge in [-0.05, 0) is 18.6 Å². The fraction of sp³-hybridized carbons (Fsp3) is 0.500. The van der Waals surface area contributed by atoms with Crippen molar-refractivity contribution in [3.05, 3.63) is 30.3 Å². The lowest BCUT2D eigenvalue weighted by molar-refractivity contribution is -0.150. The minimum Gasteiger partial charge on any atom is -0.478 e. The van der Waals surface area contributed by atoms with E-state index < -0.39 is 18.2 Å². The first-order valence-corrected chi connectivity index (χ1v) is 6.27. The van der Waals surface area contributed by atoms with Crippen LogP contribution >= 0.6 is 0 Å². The van der Waals surface area contributed by atoms with Gasteiger partial charge in [0.15, 0.2) is 0 Å². The summed E-state index contributed by atoms with van der Waals surface area (Å²) >= 11 is 0. The van der Waals surface area contributed by atoms with Crippen molar-refractivity contribution in [2.45, 2.75) is 44.8 Å². The van der Waals surface area contributed by atoms with Crippen molar-refractivity contribution in [1.82, 2.24) is 0 Å². The van der Waals surface area contributed by atoms with E-state index in [0.717, 1.165) is 19.3 Å². The number of aliphatic hydroxyl groups is 1. The predicted molar refractivity (Wildman–Crippen MR) is 68.6 cm³/mol. The monoisotopic (exact) mass is 252 g/mol. The molecule has 1 aromatic carbocycles. The van der Waals surface area contributed by atoms with Crippen molar-refractivity contribution in [3.63, 3.8) is 0 Å². The summed E-state index contributed by atoms with van der Waals surface area (Å²) in [4.78, 5) is 11.1. The molecule has 0 radical (unpaired) electrons. The van der Waals surface area contributed by atoms with Crippen molar-refractivity contribution in [1.29, 1.82) is 0 Å². The van der Waals surface area contributed by atoms with Crippen LogP contribution in [0.5, 0.6) is 5.75 Å². The highest BCUT2D eigenvalue weighted by atomic mass is 16.5. The van der Waals surface area contributed by atoms with E-state index in [1.54, 1.807) is 24.3 Å². The van der Waals surface area contributed by atoms with Gasteiger partial charge in [-0.2, -0.15) is 0 Å². The Morgan fingerprint density at radius 2 is 1.94 bits per heavy atom. The Balaban J connectivity index is 2.57. The Morgan fingerprint density at radius 3 is 2.50 bits per heavy atom. The normalized spacial score (nSPS) is 13.9. The van der Waals surface area contributed by atoms with Crippen molar-refractivity contribution >= 4 is 5.97 Å². The third-order valence-corrected chi connectivity index (χ3v) is 2.70. The molecule has 18 heavy (non-hydrogen) atoms. The summed E-state index contributed by atoms with van der Waals surface area (Å²) in [5.74, 6) is -0.678. The average molecular weight is 252 g/mol. The molecule has 0 fully saturated rings. The maximum Gasteiger partial charge on any atom is 0.347 e. The molecule has 0 aliphatic rings. The average Bonchev–Trinajstić information content (AvgIpc) is 2.37. The molecule has 0 aromatic heterocycles. The van der Waals surface area contributed by atoms with Gasteiger partial charge in [0.1, 0.15) is 11.9 Å². The first kappa shape index (κ1) is 14.5. The Morgan fingerprint density at radius 1 is 1.28 bits per heavy atom. The van der Waals surface area contributed by atoms with E-state index >= 15 is 0 Å². The lowest BCUT2D eigenvalue weighted by atomic mass is 10.1. The maximum absolute atomic E-state index is 11.1. The molecule has 1 aromatic rings. The van der Waals surface area contributed by atoms with E-state index in [0.29, 0.717) is 12.2 Å². The van der Waals surface area contributed by atoms with Crippen LogP contribution in [-0.4, -0.2) is 28.4 Å². The molecular formula is C14H20O4. The second-order valence-electron chi connectivity index (χ2n) is 4.25. The van der Waals surface area contributed by atoms with Gasteiger partial charge in [0.05, 0.1) is 0 Å². The van der Waals surface area contributed by atoms with E-state index in [1.807, 2.05) is 6.07 Å². The highest BCUT2D eigenvalue weighted by Crippen LogP contribution is 2.15. The molecule has 0 aliphatic heterocycles. The third kappa shape index (κ3) is 4.75. The van der Waals surface area contributed by atoms with E-state index in [2.05, 4.69) is 6.92 Å². The standard InChI is InChI=1S/C14H20O4/c1-2-3-5-10-12(15)13(14(16)17)18-11-8-6-4-7-9-11/h4,6-9,12-13,15H,2-3,5,10H2,1H3,(H,16,17). The quantitative estimate of drug-likeness (QED) is 0.697. The molecule has 2 N–H and O–H groups in total. The van der Waals surface area contributed by atoms with Gasteiger partial charge < -0.3 is 14.9 Å². The fourth-order valence-corrected chi connectivity index (χ4v) is 1.69. The molecule has 100 valence electrons. The highest BCUT2D eigenvalue weighted by Gasteiger charge is 2.28. The molecule has 2 atom stereocenters. The summed E-state index contributed by atoms with van der Waals surface area (Å²) in [6.45, 7) is 2.06. The number of hydrogen-bond donors (Lipinski definition) is 2. The Kier molecular flexibility index (Phi) is 6.22. The Labute approximate surface area is 107 Å². The summed E-state index contributed by atoms with van der Waals surface area (Å²) in [5.41, 5.74) is 0. The van der Waals surface area contributed by atoms with E-state index in [-0.39, 0.29) is 0 Å². The van der Waals surface area contributed by atoms with Crippen LogP contribution in [-0.2, 0) is 4.79 Å². The van der Waals surface area contributed by atoms with Crippen molar-refractivity contribution < 1.29 is 19.7 Å². The topological polar surface area (TPSA) is 66.8 Å². The van der Waals surface area contributed by atoms with E-state index in [9.17, 15) is 9.90 Å². The SMILES string of the molecule is CCCCCC(O)C(Oc1ccccc1)C(=O)O. The van der Waals surface area contributed by atoms with E-state index in [4.69, 9.17) is 9.84 Å². The van der Waals surface area contributed by atoms with Crippen LogP contribution in [0, 0.1) is 0 Å². The summed E-state index contributed by atoms with van der Waals surface area (Å²) in [7, 11) is 0. The van der Waals surface area contributed by atoms with Gasteiger partial charge in [-0.25, -0.2) is 4.79 Å². The molecular weight excluding hydrogens is 232 g/mol. The zero-order valence-electron chi connectivity index (χ0n) is 10.6. The number of hydrogen-bond acceptors (Lipinski definition) is 3. The minimum absolute atomic E-state index is 0.442. The first-order chi connectivity index (χ1) is 8.65. The molecule has 4 nitrogen and oxygen atoms in total. The van der Waals surface area contributed by atoms with Crippen LogP contribution < -0.4 is 4.74 Å². The largest absolute Gasteiger partial charge is 0.478 e. The van der Waals surface area contributed by atoms with Crippen molar-refractivity contribution in [3.8, 4) is 5.75 Å². The molecule has 0 bridgehead atoms. The minimum atomic E-state index is -1.20. The van der Waals surface area contributed by atoms with E-state index in [1.165, 1.54) is 0 Å². The molecule has 0 amide bonds. The number of unbranched alkanes of at least 4 members (excludes halogenated alkanes) is 2. The molecule has 0 heterocycles. The first-order valence-electron chi connectivity index (χ1n) is 6.27. The van der Waals surface area contributed by atoms with Crippen LogP contribution in [0.2, 0.25) is 0 Å². The Bertz CT molecular complexity index is 350. The smallest absolute Gasteiger partial charge is 0.347 e. The number of rotatable bonds is 8. The number of aliphatic carboxylic acids is 1. The van der Waals surface area contributed by atoms with Gasteiger partial charge in [-0.3, -0.25) is 0 Å².